The number of Topliss-reactive ketones (excluding diaryl/α,β-unsaturated/α-hetero) is 1. The van der Waals surface area contributed by atoms with Crippen LogP contribution in [0.1, 0.15) is 16.8 Å². The molecule has 0 bridgehead atoms. The molecule has 2 aromatic rings. The quantitative estimate of drug-likeness (QED) is 0.746. The van der Waals surface area contributed by atoms with Gasteiger partial charge in [-0.1, -0.05) is 18.2 Å². The van der Waals surface area contributed by atoms with Gasteiger partial charge in [-0.15, -0.1) is 0 Å². The number of ether oxygens (including phenoxy) is 2. The summed E-state index contributed by atoms with van der Waals surface area (Å²) in [6.45, 7) is 0.347. The Morgan fingerprint density at radius 3 is 2.68 bits per heavy atom. The fourth-order valence-corrected chi connectivity index (χ4v) is 1.61. The second-order valence-corrected chi connectivity index (χ2v) is 3.95. The largest absolute Gasteiger partial charge is 0.495 e. The molecule has 2 rings (SSSR count). The van der Waals surface area contributed by atoms with E-state index >= 15 is 0 Å². The fraction of sp³-hybridized carbons (Fsp3) is 0.200. The molecule has 0 aliphatic carbocycles. The van der Waals surface area contributed by atoms with Gasteiger partial charge in [-0.2, -0.15) is 0 Å². The Morgan fingerprint density at radius 2 is 1.95 bits per heavy atom. The van der Waals surface area contributed by atoms with Crippen LogP contribution in [-0.4, -0.2) is 24.5 Å². The monoisotopic (exact) mass is 257 g/mol. The third kappa shape index (κ3) is 3.81. The number of rotatable bonds is 6. The SMILES string of the molecule is COc1cncc(C(=O)CCOc2ccccc2)c1. The number of pyridine rings is 1. The van der Waals surface area contributed by atoms with Crippen molar-refractivity contribution in [3.63, 3.8) is 0 Å². The van der Waals surface area contributed by atoms with Crippen LogP contribution in [0.25, 0.3) is 0 Å². The third-order valence-corrected chi connectivity index (χ3v) is 2.61. The van der Waals surface area contributed by atoms with Crippen LogP contribution in [0.5, 0.6) is 11.5 Å². The molecule has 4 heteroatoms. The zero-order chi connectivity index (χ0) is 13.5. The zero-order valence-corrected chi connectivity index (χ0v) is 10.7. The molecule has 0 atom stereocenters. The second-order valence-electron chi connectivity index (χ2n) is 3.95. The second kappa shape index (κ2) is 6.54. The summed E-state index contributed by atoms with van der Waals surface area (Å²) < 4.78 is 10.5. The molecule has 1 aromatic carbocycles. The molecule has 4 nitrogen and oxygen atoms in total. The first-order valence-corrected chi connectivity index (χ1v) is 5.99. The van der Waals surface area contributed by atoms with Crippen LogP contribution in [0.15, 0.2) is 48.8 Å². The number of nitrogens with zero attached hydrogens (tertiary/aromatic N) is 1. The van der Waals surface area contributed by atoms with Crippen LogP contribution in [-0.2, 0) is 0 Å². The van der Waals surface area contributed by atoms with Crippen LogP contribution in [0.3, 0.4) is 0 Å². The molecule has 1 heterocycles. The van der Waals surface area contributed by atoms with Gasteiger partial charge < -0.3 is 9.47 Å². The Bertz CT molecular complexity index is 540. The van der Waals surface area contributed by atoms with Gasteiger partial charge in [0, 0.05) is 18.2 Å². The van der Waals surface area contributed by atoms with Crippen molar-refractivity contribution >= 4 is 5.78 Å². The van der Waals surface area contributed by atoms with Gasteiger partial charge in [0.1, 0.15) is 11.5 Å². The van der Waals surface area contributed by atoms with Crippen molar-refractivity contribution in [1.82, 2.24) is 4.98 Å². The Balaban J connectivity index is 1.87. The van der Waals surface area contributed by atoms with E-state index in [0.29, 0.717) is 24.3 Å². The highest BCUT2D eigenvalue weighted by molar-refractivity contribution is 5.96. The summed E-state index contributed by atoms with van der Waals surface area (Å²) >= 11 is 0. The van der Waals surface area contributed by atoms with Crippen LogP contribution >= 0.6 is 0 Å². The van der Waals surface area contributed by atoms with E-state index in [2.05, 4.69) is 4.98 Å². The van der Waals surface area contributed by atoms with Gasteiger partial charge in [-0.3, -0.25) is 9.78 Å². The first kappa shape index (κ1) is 13.1. The molecule has 19 heavy (non-hydrogen) atoms. The highest BCUT2D eigenvalue weighted by atomic mass is 16.5. The number of aromatic nitrogens is 1. The fourth-order valence-electron chi connectivity index (χ4n) is 1.61. The summed E-state index contributed by atoms with van der Waals surface area (Å²) in [6, 6.07) is 11.1. The summed E-state index contributed by atoms with van der Waals surface area (Å²) in [5.41, 5.74) is 0.538. The molecule has 0 amide bonds. The molecule has 0 saturated heterocycles. The molecule has 0 aliphatic heterocycles. The Hall–Kier alpha value is -2.36. The van der Waals surface area contributed by atoms with Gasteiger partial charge in [-0.05, 0) is 18.2 Å². The summed E-state index contributed by atoms with van der Waals surface area (Å²) in [7, 11) is 1.55. The molecule has 0 unspecified atom stereocenters. The Morgan fingerprint density at radius 1 is 1.16 bits per heavy atom. The van der Waals surface area contributed by atoms with Crippen LogP contribution in [0, 0.1) is 0 Å². The topological polar surface area (TPSA) is 48.4 Å². The molecule has 0 saturated carbocycles. The minimum absolute atomic E-state index is 0.0117. The molecule has 1 aromatic heterocycles. The van der Waals surface area contributed by atoms with E-state index in [1.165, 1.54) is 6.20 Å². The number of hydrogen-bond donors (Lipinski definition) is 0. The molecule has 0 N–H and O–H groups in total. The lowest BCUT2D eigenvalue weighted by atomic mass is 10.1. The van der Waals surface area contributed by atoms with Gasteiger partial charge in [0.2, 0.25) is 0 Å². The summed E-state index contributed by atoms with van der Waals surface area (Å²) in [5, 5.41) is 0. The lowest BCUT2D eigenvalue weighted by Gasteiger charge is -2.06. The van der Waals surface area contributed by atoms with Crippen molar-refractivity contribution in [1.29, 1.82) is 0 Å². The lowest BCUT2D eigenvalue weighted by Crippen LogP contribution is -2.07. The number of ketones is 1. The third-order valence-electron chi connectivity index (χ3n) is 2.61. The molecule has 0 radical (unpaired) electrons. The van der Waals surface area contributed by atoms with Gasteiger partial charge in [-0.25, -0.2) is 0 Å². The van der Waals surface area contributed by atoms with Gasteiger partial charge in [0.15, 0.2) is 5.78 Å². The van der Waals surface area contributed by atoms with Crippen molar-refractivity contribution in [3.05, 3.63) is 54.4 Å². The zero-order valence-electron chi connectivity index (χ0n) is 10.7. The maximum atomic E-state index is 11.9. The number of hydrogen-bond acceptors (Lipinski definition) is 4. The van der Waals surface area contributed by atoms with Crippen molar-refractivity contribution in [2.75, 3.05) is 13.7 Å². The molecular weight excluding hydrogens is 242 g/mol. The molecule has 0 fully saturated rings. The average Bonchev–Trinajstić information content (AvgIpc) is 2.48. The standard InChI is InChI=1S/C15H15NO3/c1-18-14-9-12(10-16-11-14)15(17)7-8-19-13-5-3-2-4-6-13/h2-6,9-11H,7-8H2,1H3. The molecular formula is C15H15NO3. The minimum Gasteiger partial charge on any atom is -0.495 e. The maximum Gasteiger partial charge on any atom is 0.167 e. The number of methoxy groups -OCH3 is 1. The maximum absolute atomic E-state index is 11.9. The van der Waals surface area contributed by atoms with Gasteiger partial charge >= 0.3 is 0 Å². The van der Waals surface area contributed by atoms with E-state index in [1.807, 2.05) is 30.3 Å². The first-order valence-electron chi connectivity index (χ1n) is 5.99. The summed E-state index contributed by atoms with van der Waals surface area (Å²) in [4.78, 5) is 15.9. The van der Waals surface area contributed by atoms with Crippen LogP contribution < -0.4 is 9.47 Å². The minimum atomic E-state index is -0.0117. The van der Waals surface area contributed by atoms with Crippen molar-refractivity contribution < 1.29 is 14.3 Å². The molecule has 98 valence electrons. The molecule has 0 aliphatic rings. The summed E-state index contributed by atoms with van der Waals surface area (Å²) in [6.07, 6.45) is 3.41. The van der Waals surface area contributed by atoms with E-state index in [4.69, 9.17) is 9.47 Å². The predicted octanol–water partition coefficient (Wildman–Crippen LogP) is 2.74. The molecule has 0 spiro atoms. The number of para-hydroxylation sites is 1. The smallest absolute Gasteiger partial charge is 0.167 e. The van der Waals surface area contributed by atoms with E-state index in [0.717, 1.165) is 5.75 Å². The summed E-state index contributed by atoms with van der Waals surface area (Å²) in [5.74, 6) is 1.33. The van der Waals surface area contributed by atoms with Crippen molar-refractivity contribution in [2.45, 2.75) is 6.42 Å². The van der Waals surface area contributed by atoms with Crippen LogP contribution in [0.2, 0.25) is 0 Å². The normalized spacial score (nSPS) is 9.95. The van der Waals surface area contributed by atoms with Crippen molar-refractivity contribution in [3.8, 4) is 11.5 Å². The van der Waals surface area contributed by atoms with E-state index in [1.54, 1.807) is 19.4 Å². The van der Waals surface area contributed by atoms with Crippen molar-refractivity contribution in [2.24, 2.45) is 0 Å². The highest BCUT2D eigenvalue weighted by Gasteiger charge is 2.07. The Labute approximate surface area is 112 Å². The number of carbonyl (C=O) groups is 1. The van der Waals surface area contributed by atoms with Crippen LogP contribution in [0.4, 0.5) is 0 Å². The van der Waals surface area contributed by atoms with E-state index < -0.39 is 0 Å². The highest BCUT2D eigenvalue weighted by Crippen LogP contribution is 2.13. The first-order chi connectivity index (χ1) is 9.29. The van der Waals surface area contributed by atoms with Gasteiger partial charge in [0.05, 0.1) is 19.9 Å². The van der Waals surface area contributed by atoms with Gasteiger partial charge in [0.25, 0.3) is 0 Å². The van der Waals surface area contributed by atoms with E-state index in [-0.39, 0.29) is 5.78 Å². The number of carbonyl (C=O) groups excluding carboxylic acids is 1. The number of benzene rings is 1. The van der Waals surface area contributed by atoms with E-state index in [9.17, 15) is 4.79 Å². The predicted molar refractivity (Wildman–Crippen MR) is 71.7 cm³/mol. The Kier molecular flexibility index (Phi) is 4.50. The lowest BCUT2D eigenvalue weighted by molar-refractivity contribution is 0.0961. The average molecular weight is 257 g/mol.